The summed E-state index contributed by atoms with van der Waals surface area (Å²) >= 11 is 0. The first-order valence-electron chi connectivity index (χ1n) is 6.62. The predicted octanol–water partition coefficient (Wildman–Crippen LogP) is 0.209. The molecule has 2 aromatic heterocycles. The zero-order chi connectivity index (χ0) is 12.8. The van der Waals surface area contributed by atoms with Crippen molar-refractivity contribution in [1.82, 2.24) is 25.0 Å². The first-order valence-corrected chi connectivity index (χ1v) is 6.62. The molecule has 98 valence electrons. The summed E-state index contributed by atoms with van der Waals surface area (Å²) in [7, 11) is 0. The Balaban J connectivity index is 1.53. The standard InChI is InChI=1S/C13H15N5O/c19-13(17-10-4-9-3-8(10)5-15-9)11-7-18-2-1-14-12(18)6-16-11/h1-2,6-10,15H,3-5H2,(H,17,19)/t8-,9+,10+/m0/s1. The maximum Gasteiger partial charge on any atom is 0.271 e. The van der Waals surface area contributed by atoms with Crippen LogP contribution >= 0.6 is 0 Å². The number of carbonyl (C=O) groups excluding carboxylic acids is 1. The molecule has 2 aliphatic rings. The third-order valence-electron chi connectivity index (χ3n) is 4.19. The normalized spacial score (nSPS) is 28.9. The van der Waals surface area contributed by atoms with Crippen molar-refractivity contribution in [1.29, 1.82) is 0 Å². The zero-order valence-electron chi connectivity index (χ0n) is 10.4. The van der Waals surface area contributed by atoms with Crippen molar-refractivity contribution in [2.24, 2.45) is 5.92 Å². The molecule has 4 rings (SSSR count). The van der Waals surface area contributed by atoms with Crippen LogP contribution in [0.25, 0.3) is 5.65 Å². The summed E-state index contributed by atoms with van der Waals surface area (Å²) in [5.41, 5.74) is 1.20. The van der Waals surface area contributed by atoms with E-state index in [-0.39, 0.29) is 5.91 Å². The Morgan fingerprint density at radius 2 is 2.37 bits per heavy atom. The van der Waals surface area contributed by atoms with Crippen LogP contribution in [0.5, 0.6) is 0 Å². The van der Waals surface area contributed by atoms with Gasteiger partial charge in [-0.25, -0.2) is 9.97 Å². The highest BCUT2D eigenvalue weighted by Crippen LogP contribution is 2.31. The summed E-state index contributed by atoms with van der Waals surface area (Å²) in [5, 5.41) is 6.55. The van der Waals surface area contributed by atoms with Gasteiger partial charge in [-0.3, -0.25) is 4.79 Å². The van der Waals surface area contributed by atoms with Gasteiger partial charge in [0.2, 0.25) is 0 Å². The number of fused-ring (bicyclic) bond motifs is 3. The Morgan fingerprint density at radius 3 is 3.16 bits per heavy atom. The summed E-state index contributed by atoms with van der Waals surface area (Å²) in [4.78, 5) is 20.5. The number of hydrogen-bond acceptors (Lipinski definition) is 4. The van der Waals surface area contributed by atoms with Crippen molar-refractivity contribution in [3.05, 3.63) is 30.5 Å². The van der Waals surface area contributed by atoms with Gasteiger partial charge in [0.05, 0.1) is 6.20 Å². The Labute approximate surface area is 110 Å². The van der Waals surface area contributed by atoms with Gasteiger partial charge in [0, 0.05) is 37.2 Å². The molecule has 2 fully saturated rings. The maximum atomic E-state index is 12.2. The smallest absolute Gasteiger partial charge is 0.271 e. The number of rotatable bonds is 2. The van der Waals surface area contributed by atoms with Crippen molar-refractivity contribution in [3.63, 3.8) is 0 Å². The Morgan fingerprint density at radius 1 is 1.42 bits per heavy atom. The van der Waals surface area contributed by atoms with Gasteiger partial charge in [0.25, 0.3) is 5.91 Å². The van der Waals surface area contributed by atoms with Crippen LogP contribution in [-0.4, -0.2) is 38.9 Å². The summed E-state index contributed by atoms with van der Waals surface area (Å²) in [6.45, 7) is 1.02. The Kier molecular flexibility index (Phi) is 2.32. The number of nitrogens with zero attached hydrogens (tertiary/aromatic N) is 3. The molecule has 1 saturated carbocycles. The molecule has 6 heteroatoms. The van der Waals surface area contributed by atoms with E-state index in [0.717, 1.165) is 18.6 Å². The molecular weight excluding hydrogens is 242 g/mol. The Bertz CT molecular complexity index is 637. The number of imidazole rings is 1. The van der Waals surface area contributed by atoms with E-state index in [1.165, 1.54) is 6.42 Å². The molecule has 2 aromatic rings. The number of nitrogens with one attached hydrogen (secondary N) is 2. The third-order valence-corrected chi connectivity index (χ3v) is 4.19. The molecule has 0 aromatic carbocycles. The van der Waals surface area contributed by atoms with E-state index in [4.69, 9.17) is 0 Å². The molecule has 3 atom stereocenters. The van der Waals surface area contributed by atoms with Crippen molar-refractivity contribution in [2.45, 2.75) is 24.9 Å². The van der Waals surface area contributed by atoms with Crippen molar-refractivity contribution >= 4 is 11.6 Å². The van der Waals surface area contributed by atoms with E-state index in [9.17, 15) is 4.79 Å². The van der Waals surface area contributed by atoms with Crippen LogP contribution in [0.15, 0.2) is 24.8 Å². The molecule has 3 heterocycles. The lowest BCUT2D eigenvalue weighted by Crippen LogP contribution is -2.44. The average molecular weight is 257 g/mol. The lowest BCUT2D eigenvalue weighted by atomic mass is 10.0. The van der Waals surface area contributed by atoms with Crippen LogP contribution in [0.4, 0.5) is 0 Å². The Hall–Kier alpha value is -1.95. The number of aromatic nitrogens is 3. The summed E-state index contributed by atoms with van der Waals surface area (Å²) in [5.74, 6) is 0.485. The van der Waals surface area contributed by atoms with E-state index < -0.39 is 0 Å². The highest BCUT2D eigenvalue weighted by molar-refractivity contribution is 5.92. The average Bonchev–Trinajstić information content (AvgIpc) is 3.13. The first kappa shape index (κ1) is 10.9. The lowest BCUT2D eigenvalue weighted by molar-refractivity contribution is 0.0919. The van der Waals surface area contributed by atoms with Crippen molar-refractivity contribution in [2.75, 3.05) is 6.54 Å². The second-order valence-electron chi connectivity index (χ2n) is 5.38. The van der Waals surface area contributed by atoms with Crippen molar-refractivity contribution < 1.29 is 4.79 Å². The summed E-state index contributed by atoms with van der Waals surface area (Å²) in [6.07, 6.45) is 9.07. The minimum Gasteiger partial charge on any atom is -0.348 e. The van der Waals surface area contributed by atoms with Crippen molar-refractivity contribution in [3.8, 4) is 0 Å². The molecule has 0 radical (unpaired) electrons. The van der Waals surface area contributed by atoms with E-state index in [1.54, 1.807) is 18.6 Å². The van der Waals surface area contributed by atoms with E-state index >= 15 is 0 Å². The third kappa shape index (κ3) is 1.79. The minimum absolute atomic E-state index is 0.0897. The van der Waals surface area contributed by atoms with Crippen LogP contribution in [-0.2, 0) is 0 Å². The largest absolute Gasteiger partial charge is 0.348 e. The maximum absolute atomic E-state index is 12.2. The number of hydrogen-bond donors (Lipinski definition) is 2. The fraction of sp³-hybridized carbons (Fsp3) is 0.462. The van der Waals surface area contributed by atoms with Crippen LogP contribution < -0.4 is 10.6 Å². The molecule has 2 N–H and O–H groups in total. The molecule has 0 unspecified atom stereocenters. The summed E-state index contributed by atoms with van der Waals surface area (Å²) in [6, 6.07) is 0.874. The topological polar surface area (TPSA) is 71.3 Å². The quantitative estimate of drug-likeness (QED) is 0.807. The van der Waals surface area contributed by atoms with Gasteiger partial charge >= 0.3 is 0 Å². The SMILES string of the molecule is O=C(N[C@@H]1C[C@H]2C[C@H]1CN2)c1cn2ccnc2cn1. The fourth-order valence-corrected chi connectivity index (χ4v) is 3.20. The predicted molar refractivity (Wildman–Crippen MR) is 68.8 cm³/mol. The first-order chi connectivity index (χ1) is 9.29. The second-order valence-corrected chi connectivity index (χ2v) is 5.38. The molecular formula is C13H15N5O. The number of amides is 1. The molecule has 0 spiro atoms. The molecule has 1 saturated heterocycles. The monoisotopic (exact) mass is 257 g/mol. The zero-order valence-corrected chi connectivity index (χ0v) is 10.4. The molecule has 1 amide bonds. The van der Waals surface area contributed by atoms with Gasteiger partial charge < -0.3 is 15.0 Å². The fourth-order valence-electron chi connectivity index (χ4n) is 3.20. The van der Waals surface area contributed by atoms with E-state index in [1.807, 2.05) is 10.6 Å². The highest BCUT2D eigenvalue weighted by Gasteiger charge is 2.40. The van der Waals surface area contributed by atoms with Crippen LogP contribution in [0, 0.1) is 5.92 Å². The molecule has 6 nitrogen and oxygen atoms in total. The van der Waals surface area contributed by atoms with E-state index in [0.29, 0.717) is 23.7 Å². The van der Waals surface area contributed by atoms with Gasteiger partial charge in [-0.2, -0.15) is 0 Å². The second kappa shape index (κ2) is 4.03. The summed E-state index contributed by atoms with van der Waals surface area (Å²) < 4.78 is 1.81. The van der Waals surface area contributed by atoms with Crippen LogP contribution in [0.2, 0.25) is 0 Å². The van der Waals surface area contributed by atoms with Gasteiger partial charge in [0.1, 0.15) is 5.69 Å². The van der Waals surface area contributed by atoms with Gasteiger partial charge in [0.15, 0.2) is 5.65 Å². The molecule has 1 aliphatic carbocycles. The van der Waals surface area contributed by atoms with Crippen LogP contribution in [0.3, 0.4) is 0 Å². The van der Waals surface area contributed by atoms with Gasteiger partial charge in [-0.05, 0) is 18.8 Å². The minimum atomic E-state index is -0.0897. The van der Waals surface area contributed by atoms with Gasteiger partial charge in [-0.15, -0.1) is 0 Å². The highest BCUT2D eigenvalue weighted by atomic mass is 16.2. The van der Waals surface area contributed by atoms with E-state index in [2.05, 4.69) is 20.6 Å². The number of carbonyl (C=O) groups is 1. The number of piperidine rings is 1. The van der Waals surface area contributed by atoms with Gasteiger partial charge in [-0.1, -0.05) is 0 Å². The van der Waals surface area contributed by atoms with Crippen LogP contribution in [0.1, 0.15) is 23.3 Å². The molecule has 2 bridgehead atoms. The molecule has 19 heavy (non-hydrogen) atoms. The molecule has 1 aliphatic heterocycles. The lowest BCUT2D eigenvalue weighted by Gasteiger charge is -2.23.